The first kappa shape index (κ1) is 37.4. The molecule has 6 heterocycles. The second kappa shape index (κ2) is 13.9. The van der Waals surface area contributed by atoms with Crippen LogP contribution >= 0.6 is 0 Å². The third-order valence-electron chi connectivity index (χ3n) is 11.3. The number of carbonyl (C=O) groups is 2. The number of pyridine rings is 1. The average molecular weight is 772 g/mol. The molecule has 294 valence electrons. The molecule has 2 fully saturated rings. The monoisotopic (exact) mass is 771 g/mol. The first-order chi connectivity index (χ1) is 26.6. The van der Waals surface area contributed by atoms with E-state index in [-0.39, 0.29) is 47.6 Å². The highest BCUT2D eigenvalue weighted by Crippen LogP contribution is 2.41. The fourth-order valence-corrected chi connectivity index (χ4v) is 8.43. The van der Waals surface area contributed by atoms with Gasteiger partial charge in [-0.15, -0.1) is 0 Å². The number of hydrogen-bond acceptors (Lipinski definition) is 9. The summed E-state index contributed by atoms with van der Waals surface area (Å²) in [5, 5.41) is 5.70. The number of nitrogens with zero attached hydrogens (tertiary/aromatic N) is 7. The van der Waals surface area contributed by atoms with Crippen molar-refractivity contribution in [3.63, 3.8) is 0 Å². The lowest BCUT2D eigenvalue weighted by Gasteiger charge is -2.48. The van der Waals surface area contributed by atoms with Crippen molar-refractivity contribution in [1.29, 1.82) is 0 Å². The van der Waals surface area contributed by atoms with E-state index in [0.29, 0.717) is 66.9 Å². The Morgan fingerprint density at radius 3 is 2.57 bits per heavy atom. The number of alkyl halides is 3. The molecule has 0 radical (unpaired) electrons. The van der Waals surface area contributed by atoms with Gasteiger partial charge in [0.2, 0.25) is 5.91 Å². The lowest BCUT2D eigenvalue weighted by Crippen LogP contribution is -2.64. The van der Waals surface area contributed by atoms with Gasteiger partial charge in [0.05, 0.1) is 36.3 Å². The number of carbonyl (C=O) groups excluding carboxylic acids is 2. The zero-order chi connectivity index (χ0) is 39.7. The maximum atomic E-state index is 14.5. The first-order valence-corrected chi connectivity index (χ1v) is 18.7. The Morgan fingerprint density at radius 2 is 1.86 bits per heavy atom. The fraction of sp³-hybridized carbons (Fsp3) is 0.425. The Hall–Kier alpha value is -5.48. The highest BCUT2D eigenvalue weighted by Gasteiger charge is 2.48. The maximum Gasteiger partial charge on any atom is 0.409 e. The van der Waals surface area contributed by atoms with Crippen LogP contribution in [0.2, 0.25) is 0 Å². The normalized spacial score (nSPS) is 19.7. The fourth-order valence-electron chi connectivity index (χ4n) is 8.43. The number of hydrogen-bond donors (Lipinski definition) is 2. The molecule has 0 bridgehead atoms. The number of anilines is 5. The Bertz CT molecular complexity index is 2310. The van der Waals surface area contributed by atoms with Crippen LogP contribution in [-0.4, -0.2) is 93.5 Å². The molecule has 56 heavy (non-hydrogen) atoms. The van der Waals surface area contributed by atoms with Crippen LogP contribution < -0.4 is 26.0 Å². The van der Waals surface area contributed by atoms with Crippen LogP contribution in [0.3, 0.4) is 0 Å². The van der Waals surface area contributed by atoms with E-state index in [0.717, 1.165) is 18.9 Å². The molecule has 2 amide bonds. The molecule has 1 aromatic carbocycles. The molecule has 3 aliphatic heterocycles. The van der Waals surface area contributed by atoms with Crippen molar-refractivity contribution < 1.29 is 27.5 Å². The number of piperazine rings is 1. The average Bonchev–Trinajstić information content (AvgIpc) is 3.61. The SMILES string of the molecule is C=CC(=O)Nc1cc(Nc2nc(-c3ccnc(N4CCn5c(cc6c5CC(C)(C)C6)C4=O)c3C)cn(C)c2=O)ccc1N1CCN(C2COC2)CC1C(F)(F)F. The van der Waals surface area contributed by atoms with Gasteiger partial charge in [-0.3, -0.25) is 24.2 Å². The van der Waals surface area contributed by atoms with Gasteiger partial charge in [-0.1, -0.05) is 20.4 Å². The highest BCUT2D eigenvalue weighted by atomic mass is 19.4. The summed E-state index contributed by atoms with van der Waals surface area (Å²) in [6.07, 6.45) is 1.56. The minimum absolute atomic E-state index is 0.0506. The van der Waals surface area contributed by atoms with E-state index in [1.807, 2.05) is 13.0 Å². The van der Waals surface area contributed by atoms with Gasteiger partial charge in [0.1, 0.15) is 17.6 Å². The van der Waals surface area contributed by atoms with Crippen molar-refractivity contribution in [2.45, 2.75) is 58.4 Å². The van der Waals surface area contributed by atoms with Gasteiger partial charge in [0, 0.05) is 74.7 Å². The van der Waals surface area contributed by atoms with E-state index in [4.69, 9.17) is 9.72 Å². The molecule has 8 rings (SSSR count). The number of nitrogens with one attached hydrogen (secondary N) is 2. The van der Waals surface area contributed by atoms with Crippen molar-refractivity contribution in [1.82, 2.24) is 24.0 Å². The third kappa shape index (κ3) is 6.74. The summed E-state index contributed by atoms with van der Waals surface area (Å²) in [6, 6.07) is 6.44. The number of benzene rings is 1. The molecule has 4 aromatic rings. The first-order valence-electron chi connectivity index (χ1n) is 18.7. The minimum atomic E-state index is -4.55. The number of rotatable bonds is 8. The van der Waals surface area contributed by atoms with Gasteiger partial charge in [-0.05, 0) is 67.2 Å². The number of aromatic nitrogens is 4. The summed E-state index contributed by atoms with van der Waals surface area (Å²) in [5.74, 6) is -0.273. The third-order valence-corrected chi connectivity index (χ3v) is 11.3. The highest BCUT2D eigenvalue weighted by molar-refractivity contribution is 6.06. The number of amides is 2. The summed E-state index contributed by atoms with van der Waals surface area (Å²) < 4.78 is 52.3. The van der Waals surface area contributed by atoms with Gasteiger partial charge in [-0.25, -0.2) is 9.97 Å². The number of halogens is 3. The van der Waals surface area contributed by atoms with Crippen LogP contribution in [0.1, 0.15) is 41.2 Å². The summed E-state index contributed by atoms with van der Waals surface area (Å²) in [6.45, 7) is 12.0. The molecule has 0 saturated carbocycles. The van der Waals surface area contributed by atoms with Gasteiger partial charge < -0.3 is 29.4 Å². The van der Waals surface area contributed by atoms with E-state index < -0.39 is 23.7 Å². The largest absolute Gasteiger partial charge is 0.409 e. The van der Waals surface area contributed by atoms with Crippen LogP contribution in [0.5, 0.6) is 0 Å². The van der Waals surface area contributed by atoms with E-state index in [9.17, 15) is 27.6 Å². The molecule has 1 unspecified atom stereocenters. The van der Waals surface area contributed by atoms with Crippen LogP contribution in [0.15, 0.2) is 60.2 Å². The molecule has 16 heteroatoms. The van der Waals surface area contributed by atoms with Gasteiger partial charge in [0.25, 0.3) is 11.5 Å². The van der Waals surface area contributed by atoms with E-state index in [2.05, 4.69) is 40.6 Å². The zero-order valence-electron chi connectivity index (χ0n) is 31.7. The van der Waals surface area contributed by atoms with Crippen molar-refractivity contribution >= 4 is 40.5 Å². The Morgan fingerprint density at radius 1 is 1.07 bits per heavy atom. The van der Waals surface area contributed by atoms with Crippen LogP contribution in [0.25, 0.3) is 11.3 Å². The van der Waals surface area contributed by atoms with Crippen LogP contribution in [0, 0.1) is 12.3 Å². The number of fused-ring (bicyclic) bond motifs is 3. The maximum absolute atomic E-state index is 14.5. The molecule has 1 aliphatic carbocycles. The standard InChI is InChI=1S/C40H44F3N9O4/c1-6-34(53)46-28-16-25(7-8-30(28)51-12-11-49(26-21-56-22-26)20-33(51)40(41,42)43)45-35-38(55)48(5)19-29(47-35)27-9-10-44-36(23(27)2)52-14-13-50-31(37(52)54)15-24-17-39(3,4)18-32(24)50/h6-10,15-16,19,26,33H,1,11-14,17-18,20-22H2,2-5H3,(H,45,47)(H,46,53). The molecular weight excluding hydrogens is 727 g/mol. The summed E-state index contributed by atoms with van der Waals surface area (Å²) in [4.78, 5) is 54.0. The molecule has 0 spiro atoms. The van der Waals surface area contributed by atoms with E-state index >= 15 is 0 Å². The van der Waals surface area contributed by atoms with Gasteiger partial charge in [0.15, 0.2) is 5.82 Å². The van der Waals surface area contributed by atoms with Gasteiger partial charge >= 0.3 is 6.18 Å². The second-order valence-corrected chi connectivity index (χ2v) is 15.8. The molecule has 1 atom stereocenters. The van der Waals surface area contributed by atoms with Crippen molar-refractivity contribution in [3.05, 3.63) is 88.2 Å². The lowest BCUT2D eigenvalue weighted by atomic mass is 9.90. The van der Waals surface area contributed by atoms with Crippen molar-refractivity contribution in [2.24, 2.45) is 12.5 Å². The zero-order valence-corrected chi connectivity index (χ0v) is 31.7. The Labute approximate surface area is 321 Å². The quantitative estimate of drug-likeness (QED) is 0.237. The molecular formula is C40H44F3N9O4. The molecule has 4 aliphatic rings. The van der Waals surface area contributed by atoms with Crippen LogP contribution in [0.4, 0.5) is 41.9 Å². The molecule has 13 nitrogen and oxygen atoms in total. The Balaban J connectivity index is 1.09. The van der Waals surface area contributed by atoms with Crippen molar-refractivity contribution in [3.8, 4) is 11.3 Å². The lowest BCUT2D eigenvalue weighted by molar-refractivity contribution is -0.165. The summed E-state index contributed by atoms with van der Waals surface area (Å²) >= 11 is 0. The molecule has 2 saturated heterocycles. The Kier molecular flexibility index (Phi) is 9.31. The van der Waals surface area contributed by atoms with Crippen LogP contribution in [-0.2, 0) is 36.0 Å². The van der Waals surface area contributed by atoms with Gasteiger partial charge in [-0.2, -0.15) is 13.2 Å². The number of aryl methyl sites for hydroxylation is 1. The van der Waals surface area contributed by atoms with Crippen molar-refractivity contribution in [2.75, 3.05) is 59.8 Å². The smallest absolute Gasteiger partial charge is 0.378 e. The second-order valence-electron chi connectivity index (χ2n) is 15.8. The molecule has 2 N–H and O–H groups in total. The van der Waals surface area contributed by atoms with E-state index in [1.165, 1.54) is 32.9 Å². The predicted molar refractivity (Wildman–Crippen MR) is 207 cm³/mol. The number of ether oxygens (including phenoxy) is 1. The van der Waals surface area contributed by atoms with E-state index in [1.54, 1.807) is 41.4 Å². The topological polar surface area (TPSA) is 130 Å². The minimum Gasteiger partial charge on any atom is -0.378 e. The predicted octanol–water partition coefficient (Wildman–Crippen LogP) is 5.06. The molecule has 3 aromatic heterocycles. The summed E-state index contributed by atoms with van der Waals surface area (Å²) in [5.41, 5.74) is 5.23. The summed E-state index contributed by atoms with van der Waals surface area (Å²) in [7, 11) is 1.59.